The first kappa shape index (κ1) is 16.7. The van der Waals surface area contributed by atoms with Gasteiger partial charge in [0.1, 0.15) is 11.8 Å². The molecular weight excluding hydrogens is 306 g/mol. The Morgan fingerprint density at radius 3 is 2.67 bits per heavy atom. The first-order chi connectivity index (χ1) is 11.4. The summed E-state index contributed by atoms with van der Waals surface area (Å²) in [4.78, 5) is 12.8. The second-order valence-electron chi connectivity index (χ2n) is 6.79. The summed E-state index contributed by atoms with van der Waals surface area (Å²) in [5, 5.41) is 10.1. The zero-order valence-corrected chi connectivity index (χ0v) is 14.2. The van der Waals surface area contributed by atoms with Crippen LogP contribution in [0.5, 0.6) is 0 Å². The molecule has 1 aromatic carbocycles. The maximum Gasteiger partial charge on any atom is 0.247 e. The summed E-state index contributed by atoms with van der Waals surface area (Å²) in [6, 6.07) is 11.0. The zero-order valence-electron chi connectivity index (χ0n) is 14.2. The van der Waals surface area contributed by atoms with Crippen molar-refractivity contribution < 1.29 is 14.1 Å². The van der Waals surface area contributed by atoms with Crippen LogP contribution < -0.4 is 10.6 Å². The number of nitrogens with one attached hydrogen (secondary N) is 2. The lowest BCUT2D eigenvalue weighted by molar-refractivity contribution is -0.118. The van der Waals surface area contributed by atoms with Crippen molar-refractivity contribution in [2.45, 2.75) is 44.9 Å². The zero-order chi connectivity index (χ0) is 17.2. The Morgan fingerprint density at radius 1 is 1.33 bits per heavy atom. The predicted octanol–water partition coefficient (Wildman–Crippen LogP) is 2.82. The fraction of sp³-hybridized carbons (Fsp3) is 0.444. The fourth-order valence-corrected chi connectivity index (χ4v) is 2.97. The van der Waals surface area contributed by atoms with Gasteiger partial charge in [-0.2, -0.15) is 0 Å². The first-order valence-electron chi connectivity index (χ1n) is 8.12. The maximum atomic E-state index is 12.8. The molecule has 1 aliphatic heterocycles. The van der Waals surface area contributed by atoms with Crippen molar-refractivity contribution in [1.82, 2.24) is 10.5 Å². The maximum absolute atomic E-state index is 12.8. The van der Waals surface area contributed by atoms with Gasteiger partial charge in [0.05, 0.1) is 12.2 Å². The molecule has 3 rings (SSSR count). The molecule has 2 atom stereocenters. The third kappa shape index (κ3) is 4.01. The van der Waals surface area contributed by atoms with Gasteiger partial charge in [0.25, 0.3) is 0 Å². The average molecular weight is 329 g/mol. The molecular formula is C18H23N3O3. The molecule has 24 heavy (non-hydrogen) atoms. The third-order valence-electron chi connectivity index (χ3n) is 4.09. The Hall–Kier alpha value is -2.18. The molecule has 0 bridgehead atoms. The van der Waals surface area contributed by atoms with Crippen LogP contribution in [0.25, 0.3) is 0 Å². The molecule has 2 unspecified atom stereocenters. The highest BCUT2D eigenvalue weighted by Crippen LogP contribution is 2.27. The second-order valence-corrected chi connectivity index (χ2v) is 6.79. The van der Waals surface area contributed by atoms with Crippen molar-refractivity contribution in [2.75, 3.05) is 11.9 Å². The van der Waals surface area contributed by atoms with E-state index in [2.05, 4.69) is 29.6 Å². The molecule has 0 radical (unpaired) electrons. The standard InChI is InChI=1S/C18H23N3O3/c1-12-9-15(21-24-12)20-17(22)16(13-7-5-4-6-8-13)19-14-10-18(2,3)23-11-14/h4-9,14,16,19H,10-11H2,1-3H3,(H,20,21,22). The molecule has 2 N–H and O–H groups in total. The van der Waals surface area contributed by atoms with Gasteiger partial charge in [-0.3, -0.25) is 10.1 Å². The second kappa shape index (κ2) is 6.75. The van der Waals surface area contributed by atoms with Crippen molar-refractivity contribution in [3.8, 4) is 0 Å². The number of nitrogens with zero attached hydrogens (tertiary/aromatic N) is 1. The van der Waals surface area contributed by atoms with Gasteiger partial charge >= 0.3 is 0 Å². The molecule has 128 valence electrons. The molecule has 1 aromatic heterocycles. The van der Waals surface area contributed by atoms with Crippen LogP contribution in [-0.4, -0.2) is 29.3 Å². The highest BCUT2D eigenvalue weighted by atomic mass is 16.5. The Balaban J connectivity index is 1.76. The van der Waals surface area contributed by atoms with Gasteiger partial charge in [-0.25, -0.2) is 0 Å². The van der Waals surface area contributed by atoms with Crippen molar-refractivity contribution in [1.29, 1.82) is 0 Å². The molecule has 0 aliphatic carbocycles. The SMILES string of the molecule is Cc1cc(NC(=O)C(NC2COC(C)(C)C2)c2ccccc2)no1. The molecule has 1 aliphatic rings. The highest BCUT2D eigenvalue weighted by Gasteiger charge is 2.34. The van der Waals surface area contributed by atoms with Crippen LogP contribution in [-0.2, 0) is 9.53 Å². The van der Waals surface area contributed by atoms with E-state index in [1.54, 1.807) is 13.0 Å². The average Bonchev–Trinajstić information content (AvgIpc) is 3.10. The summed E-state index contributed by atoms with van der Waals surface area (Å²) in [6.07, 6.45) is 0.854. The number of carbonyl (C=O) groups is 1. The van der Waals surface area contributed by atoms with E-state index in [9.17, 15) is 4.79 Å². The molecule has 0 spiro atoms. The number of benzene rings is 1. The number of aryl methyl sites for hydroxylation is 1. The van der Waals surface area contributed by atoms with Crippen LogP contribution in [0.15, 0.2) is 40.9 Å². The van der Waals surface area contributed by atoms with E-state index in [4.69, 9.17) is 9.26 Å². The lowest BCUT2D eigenvalue weighted by Gasteiger charge is -2.22. The van der Waals surface area contributed by atoms with Crippen LogP contribution in [0.1, 0.15) is 37.6 Å². The van der Waals surface area contributed by atoms with Crippen LogP contribution in [0, 0.1) is 6.92 Å². The topological polar surface area (TPSA) is 76.4 Å². The smallest absolute Gasteiger partial charge is 0.247 e. The lowest BCUT2D eigenvalue weighted by atomic mass is 10.0. The van der Waals surface area contributed by atoms with Gasteiger partial charge in [0.2, 0.25) is 5.91 Å². The number of anilines is 1. The lowest BCUT2D eigenvalue weighted by Crippen LogP contribution is -2.40. The number of hydrogen-bond acceptors (Lipinski definition) is 5. The van der Waals surface area contributed by atoms with Gasteiger partial charge in [-0.05, 0) is 32.8 Å². The van der Waals surface area contributed by atoms with Crippen molar-refractivity contribution in [3.63, 3.8) is 0 Å². The minimum Gasteiger partial charge on any atom is -0.374 e. The largest absolute Gasteiger partial charge is 0.374 e. The normalized spacial score (nSPS) is 20.7. The Labute approximate surface area is 141 Å². The number of carbonyl (C=O) groups excluding carboxylic acids is 1. The molecule has 2 heterocycles. The minimum absolute atomic E-state index is 0.120. The van der Waals surface area contributed by atoms with Crippen LogP contribution in [0.4, 0.5) is 5.82 Å². The summed E-state index contributed by atoms with van der Waals surface area (Å²) in [5.41, 5.74) is 0.735. The summed E-state index contributed by atoms with van der Waals surface area (Å²) in [6.45, 7) is 6.50. The van der Waals surface area contributed by atoms with E-state index in [1.807, 2.05) is 30.3 Å². The molecule has 1 saturated heterocycles. The monoisotopic (exact) mass is 329 g/mol. The number of ether oxygens (including phenoxy) is 1. The van der Waals surface area contributed by atoms with E-state index in [0.717, 1.165) is 12.0 Å². The Kier molecular flexibility index (Phi) is 4.69. The molecule has 6 nitrogen and oxygen atoms in total. The van der Waals surface area contributed by atoms with Gasteiger partial charge < -0.3 is 14.6 Å². The third-order valence-corrected chi connectivity index (χ3v) is 4.09. The molecule has 2 aromatic rings. The van der Waals surface area contributed by atoms with Crippen LogP contribution >= 0.6 is 0 Å². The van der Waals surface area contributed by atoms with E-state index >= 15 is 0 Å². The van der Waals surface area contributed by atoms with E-state index < -0.39 is 6.04 Å². The van der Waals surface area contributed by atoms with Gasteiger partial charge in [-0.1, -0.05) is 35.5 Å². The predicted molar refractivity (Wildman–Crippen MR) is 90.6 cm³/mol. The minimum atomic E-state index is -0.481. The fourth-order valence-electron chi connectivity index (χ4n) is 2.97. The van der Waals surface area contributed by atoms with Gasteiger partial charge in [0.15, 0.2) is 5.82 Å². The van der Waals surface area contributed by atoms with Crippen molar-refractivity contribution >= 4 is 11.7 Å². The number of hydrogen-bond donors (Lipinski definition) is 2. The van der Waals surface area contributed by atoms with Crippen molar-refractivity contribution in [2.24, 2.45) is 0 Å². The summed E-state index contributed by atoms with van der Waals surface area (Å²) >= 11 is 0. The first-order valence-corrected chi connectivity index (χ1v) is 8.12. The quantitative estimate of drug-likeness (QED) is 0.882. The molecule has 0 saturated carbocycles. The van der Waals surface area contributed by atoms with Crippen molar-refractivity contribution in [3.05, 3.63) is 47.7 Å². The summed E-state index contributed by atoms with van der Waals surface area (Å²) < 4.78 is 10.8. The van der Waals surface area contributed by atoms with Gasteiger partial charge in [-0.15, -0.1) is 0 Å². The Bertz CT molecular complexity index is 697. The number of amides is 1. The van der Waals surface area contributed by atoms with E-state index in [1.165, 1.54) is 0 Å². The van der Waals surface area contributed by atoms with Crippen LogP contribution in [0.3, 0.4) is 0 Å². The Morgan fingerprint density at radius 2 is 2.08 bits per heavy atom. The summed E-state index contributed by atoms with van der Waals surface area (Å²) in [5.74, 6) is 0.905. The summed E-state index contributed by atoms with van der Waals surface area (Å²) in [7, 11) is 0. The van der Waals surface area contributed by atoms with Crippen LogP contribution in [0.2, 0.25) is 0 Å². The highest BCUT2D eigenvalue weighted by molar-refractivity contribution is 5.94. The number of rotatable bonds is 5. The van der Waals surface area contributed by atoms with E-state index in [0.29, 0.717) is 18.2 Å². The molecule has 1 amide bonds. The molecule has 1 fully saturated rings. The van der Waals surface area contributed by atoms with Gasteiger partial charge in [0, 0.05) is 12.1 Å². The number of aromatic nitrogens is 1. The molecule has 6 heteroatoms. The van der Waals surface area contributed by atoms with E-state index in [-0.39, 0.29) is 17.6 Å².